The lowest BCUT2D eigenvalue weighted by Gasteiger charge is -2.11. The van der Waals surface area contributed by atoms with Gasteiger partial charge in [-0.1, -0.05) is 62.4 Å². The van der Waals surface area contributed by atoms with E-state index in [0.717, 1.165) is 12.2 Å². The highest BCUT2D eigenvalue weighted by atomic mass is 16.5. The summed E-state index contributed by atoms with van der Waals surface area (Å²) in [4.78, 5) is 12.2. The van der Waals surface area contributed by atoms with E-state index in [1.807, 2.05) is 66.7 Å². The molecule has 0 spiro atoms. The van der Waals surface area contributed by atoms with Crippen molar-refractivity contribution in [2.75, 3.05) is 18.5 Å². The van der Waals surface area contributed by atoms with Crippen LogP contribution in [0, 0.1) is 0 Å². The van der Waals surface area contributed by atoms with Gasteiger partial charge in [0.15, 0.2) is 6.61 Å². The summed E-state index contributed by atoms with van der Waals surface area (Å²) >= 11 is 0. The van der Waals surface area contributed by atoms with Gasteiger partial charge in [0.2, 0.25) is 0 Å². The molecule has 3 aromatic carbocycles. The summed E-state index contributed by atoms with van der Waals surface area (Å²) in [6, 6.07) is 25.4. The molecule has 4 heteroatoms. The zero-order valence-corrected chi connectivity index (χ0v) is 16.9. The molecule has 0 aliphatic heterocycles. The number of anilines is 1. The summed E-state index contributed by atoms with van der Waals surface area (Å²) in [6.07, 6.45) is 0.834. The Balaban J connectivity index is 1.45. The number of amides is 1. The molecule has 0 aliphatic rings. The second-order valence-corrected chi connectivity index (χ2v) is 7.17. The van der Waals surface area contributed by atoms with E-state index in [1.165, 1.54) is 11.1 Å². The van der Waals surface area contributed by atoms with Gasteiger partial charge in [0.1, 0.15) is 11.5 Å². The van der Waals surface area contributed by atoms with Crippen LogP contribution in [-0.4, -0.2) is 19.1 Å². The number of benzene rings is 3. The van der Waals surface area contributed by atoms with Crippen molar-refractivity contribution in [3.05, 3.63) is 90.0 Å². The average Bonchev–Trinajstić information content (AvgIpc) is 2.74. The molecule has 0 saturated heterocycles. The van der Waals surface area contributed by atoms with Crippen LogP contribution >= 0.6 is 0 Å². The molecule has 0 radical (unpaired) electrons. The van der Waals surface area contributed by atoms with Crippen molar-refractivity contribution in [1.82, 2.24) is 0 Å². The van der Waals surface area contributed by atoms with E-state index in [1.54, 1.807) is 0 Å². The van der Waals surface area contributed by atoms with Crippen LogP contribution in [0.5, 0.6) is 11.5 Å². The van der Waals surface area contributed by atoms with Gasteiger partial charge in [0, 0.05) is 18.2 Å². The number of hydrogen-bond acceptors (Lipinski definition) is 3. The molecule has 0 aliphatic carbocycles. The van der Waals surface area contributed by atoms with Gasteiger partial charge >= 0.3 is 0 Å². The fourth-order valence-electron chi connectivity index (χ4n) is 2.89. The van der Waals surface area contributed by atoms with Crippen LogP contribution in [-0.2, 0) is 11.2 Å². The van der Waals surface area contributed by atoms with Crippen LogP contribution in [0.1, 0.15) is 30.9 Å². The molecule has 0 heterocycles. The molecule has 4 nitrogen and oxygen atoms in total. The fourth-order valence-corrected chi connectivity index (χ4v) is 2.89. The maximum Gasteiger partial charge on any atom is 0.262 e. The van der Waals surface area contributed by atoms with Crippen molar-refractivity contribution in [3.63, 3.8) is 0 Å². The third-order valence-corrected chi connectivity index (χ3v) is 4.54. The minimum absolute atomic E-state index is 0.0416. The largest absolute Gasteiger partial charge is 0.493 e. The second kappa shape index (κ2) is 10.3. The van der Waals surface area contributed by atoms with Gasteiger partial charge in [-0.2, -0.15) is 0 Å². The van der Waals surface area contributed by atoms with Crippen LogP contribution in [0.4, 0.5) is 5.69 Å². The summed E-state index contributed by atoms with van der Waals surface area (Å²) in [5.74, 6) is 1.67. The van der Waals surface area contributed by atoms with Crippen molar-refractivity contribution in [2.45, 2.75) is 26.2 Å². The zero-order chi connectivity index (χ0) is 20.5. The first kappa shape index (κ1) is 20.5. The zero-order valence-electron chi connectivity index (χ0n) is 16.9. The second-order valence-electron chi connectivity index (χ2n) is 7.17. The standard InChI is InChI=1S/C25H27NO3/c1-19(2)21-11-13-23(14-12-21)29-18-25(27)26-22-9-6-10-24(17-22)28-16-15-20-7-4-3-5-8-20/h3-14,17,19H,15-16,18H2,1-2H3,(H,26,27). The molecule has 1 N–H and O–H groups in total. The Morgan fingerprint density at radius 1 is 0.862 bits per heavy atom. The normalized spacial score (nSPS) is 10.6. The Bertz CT molecular complexity index is 905. The maximum absolute atomic E-state index is 12.2. The molecule has 3 rings (SSSR count). The molecule has 1 amide bonds. The van der Waals surface area contributed by atoms with E-state index in [2.05, 4.69) is 31.3 Å². The lowest BCUT2D eigenvalue weighted by molar-refractivity contribution is -0.118. The van der Waals surface area contributed by atoms with E-state index in [0.29, 0.717) is 24.0 Å². The van der Waals surface area contributed by atoms with Crippen molar-refractivity contribution in [3.8, 4) is 11.5 Å². The SMILES string of the molecule is CC(C)c1ccc(OCC(=O)Nc2cccc(OCCc3ccccc3)c2)cc1. The Morgan fingerprint density at radius 3 is 2.34 bits per heavy atom. The van der Waals surface area contributed by atoms with Crippen LogP contribution in [0.2, 0.25) is 0 Å². The summed E-state index contributed by atoms with van der Waals surface area (Å²) in [5.41, 5.74) is 3.16. The molecule has 0 fully saturated rings. The van der Waals surface area contributed by atoms with Crippen molar-refractivity contribution in [1.29, 1.82) is 0 Å². The number of ether oxygens (including phenoxy) is 2. The third kappa shape index (κ3) is 6.68. The average molecular weight is 389 g/mol. The number of carbonyl (C=O) groups excluding carboxylic acids is 1. The summed E-state index contributed by atoms with van der Waals surface area (Å²) in [5, 5.41) is 2.85. The fraction of sp³-hybridized carbons (Fsp3) is 0.240. The van der Waals surface area contributed by atoms with Gasteiger partial charge in [-0.3, -0.25) is 4.79 Å². The van der Waals surface area contributed by atoms with Gasteiger partial charge in [-0.05, 0) is 41.3 Å². The lowest BCUT2D eigenvalue weighted by Crippen LogP contribution is -2.20. The Kier molecular flexibility index (Phi) is 7.28. The maximum atomic E-state index is 12.2. The van der Waals surface area contributed by atoms with Crippen LogP contribution < -0.4 is 14.8 Å². The number of hydrogen-bond donors (Lipinski definition) is 1. The Labute approximate surface area is 172 Å². The highest BCUT2D eigenvalue weighted by molar-refractivity contribution is 5.92. The highest BCUT2D eigenvalue weighted by Gasteiger charge is 2.06. The topological polar surface area (TPSA) is 47.6 Å². The predicted molar refractivity (Wildman–Crippen MR) is 117 cm³/mol. The van der Waals surface area contributed by atoms with Crippen LogP contribution in [0.25, 0.3) is 0 Å². The van der Waals surface area contributed by atoms with E-state index >= 15 is 0 Å². The summed E-state index contributed by atoms with van der Waals surface area (Å²) < 4.78 is 11.4. The number of carbonyl (C=O) groups is 1. The van der Waals surface area contributed by atoms with E-state index < -0.39 is 0 Å². The summed E-state index contributed by atoms with van der Waals surface area (Å²) in [6.45, 7) is 4.82. The molecule has 0 atom stereocenters. The van der Waals surface area contributed by atoms with Gasteiger partial charge in [0.25, 0.3) is 5.91 Å². The molecule has 150 valence electrons. The van der Waals surface area contributed by atoms with Gasteiger partial charge in [0.05, 0.1) is 6.61 Å². The monoisotopic (exact) mass is 389 g/mol. The molecule has 29 heavy (non-hydrogen) atoms. The van der Waals surface area contributed by atoms with Crippen LogP contribution in [0.15, 0.2) is 78.9 Å². The Morgan fingerprint density at radius 2 is 1.62 bits per heavy atom. The van der Waals surface area contributed by atoms with Crippen LogP contribution in [0.3, 0.4) is 0 Å². The smallest absolute Gasteiger partial charge is 0.262 e. The van der Waals surface area contributed by atoms with Gasteiger partial charge in [-0.15, -0.1) is 0 Å². The van der Waals surface area contributed by atoms with Gasteiger partial charge in [-0.25, -0.2) is 0 Å². The molecule has 3 aromatic rings. The van der Waals surface area contributed by atoms with Crippen molar-refractivity contribution in [2.24, 2.45) is 0 Å². The first-order valence-corrected chi connectivity index (χ1v) is 9.89. The minimum Gasteiger partial charge on any atom is -0.493 e. The Hall–Kier alpha value is -3.27. The molecular weight excluding hydrogens is 362 g/mol. The van der Waals surface area contributed by atoms with E-state index in [4.69, 9.17) is 9.47 Å². The number of rotatable bonds is 9. The first-order chi connectivity index (χ1) is 14.1. The minimum atomic E-state index is -0.209. The first-order valence-electron chi connectivity index (χ1n) is 9.89. The van der Waals surface area contributed by atoms with E-state index in [-0.39, 0.29) is 12.5 Å². The lowest BCUT2D eigenvalue weighted by atomic mass is 10.0. The molecular formula is C25H27NO3. The van der Waals surface area contributed by atoms with E-state index in [9.17, 15) is 4.79 Å². The number of nitrogens with one attached hydrogen (secondary N) is 1. The van der Waals surface area contributed by atoms with Gasteiger partial charge < -0.3 is 14.8 Å². The molecule has 0 bridgehead atoms. The highest BCUT2D eigenvalue weighted by Crippen LogP contribution is 2.20. The molecule has 0 saturated carbocycles. The summed E-state index contributed by atoms with van der Waals surface area (Å²) in [7, 11) is 0. The van der Waals surface area contributed by atoms with Crippen molar-refractivity contribution < 1.29 is 14.3 Å². The molecule has 0 unspecified atom stereocenters. The van der Waals surface area contributed by atoms with Crippen molar-refractivity contribution >= 4 is 11.6 Å². The predicted octanol–water partition coefficient (Wildman–Crippen LogP) is 5.45. The quantitative estimate of drug-likeness (QED) is 0.529. The molecule has 0 aromatic heterocycles. The third-order valence-electron chi connectivity index (χ3n) is 4.54.